The molecule has 1 N–H and O–H groups in total. The average Bonchev–Trinajstić information content (AvgIpc) is 3.48. The zero-order chi connectivity index (χ0) is 29.3. The quantitative estimate of drug-likeness (QED) is 0.267. The predicted octanol–water partition coefficient (Wildman–Crippen LogP) is 10.4. The zero-order valence-electron chi connectivity index (χ0n) is 26.4. The van der Waals surface area contributed by atoms with Crippen LogP contribution < -0.4 is 20.1 Å². The molecule has 6 rings (SSSR count). The molecule has 0 aromatic heterocycles. The van der Waals surface area contributed by atoms with Crippen LogP contribution in [-0.4, -0.2) is 30.1 Å². The van der Waals surface area contributed by atoms with E-state index in [0.29, 0.717) is 0 Å². The summed E-state index contributed by atoms with van der Waals surface area (Å²) in [5, 5.41) is 4.90. The molecule has 1 aliphatic heterocycles. The van der Waals surface area contributed by atoms with E-state index in [4.69, 9.17) is 9.47 Å². The lowest BCUT2D eigenvalue weighted by molar-refractivity contribution is 0.231. The fourth-order valence-electron chi connectivity index (χ4n) is 7.04. The van der Waals surface area contributed by atoms with Gasteiger partial charge in [-0.25, -0.2) is 0 Å². The molecule has 42 heavy (non-hydrogen) atoms. The summed E-state index contributed by atoms with van der Waals surface area (Å²) in [4.78, 5) is 0. The number of benzene rings is 3. The molecule has 0 atom stereocenters. The maximum Gasteiger partial charge on any atom is 0.131 e. The minimum absolute atomic E-state index is 0.128. The van der Waals surface area contributed by atoms with Crippen molar-refractivity contribution in [2.75, 3.05) is 11.9 Å². The molecule has 1 heterocycles. The number of anilines is 1. The second-order valence-corrected chi connectivity index (χ2v) is 15.6. The summed E-state index contributed by atoms with van der Waals surface area (Å²) in [7, 11) is -0.213. The summed E-state index contributed by atoms with van der Waals surface area (Å²) < 4.78 is 12.7. The van der Waals surface area contributed by atoms with Crippen molar-refractivity contribution in [3.63, 3.8) is 0 Å². The second-order valence-electron chi connectivity index (χ2n) is 12.8. The van der Waals surface area contributed by atoms with E-state index in [1.807, 2.05) is 0 Å². The number of rotatable bonds is 8. The predicted molar refractivity (Wildman–Crippen MR) is 182 cm³/mol. The van der Waals surface area contributed by atoms with E-state index in [0.717, 1.165) is 34.9 Å². The molecule has 4 heteroatoms. The first kappa shape index (κ1) is 30.9. The molecule has 0 spiro atoms. The molecule has 0 saturated heterocycles. The summed E-state index contributed by atoms with van der Waals surface area (Å²) in [6.45, 7) is 9.57. The number of ether oxygens (including phenoxy) is 2. The fraction of sp³-hybridized carbons (Fsp3) is 0.526. The average molecular weight is 586 g/mol. The third-order valence-corrected chi connectivity index (χ3v) is 12.4. The lowest BCUT2D eigenvalue weighted by atomic mass is 9.99. The molecule has 0 unspecified atom stereocenters. The van der Waals surface area contributed by atoms with E-state index in [1.54, 1.807) is 5.30 Å². The first-order valence-electron chi connectivity index (χ1n) is 16.7. The van der Waals surface area contributed by atoms with Gasteiger partial charge >= 0.3 is 0 Å². The molecule has 3 aliphatic rings. The van der Waals surface area contributed by atoms with Gasteiger partial charge in [-0.3, -0.25) is 0 Å². The summed E-state index contributed by atoms with van der Waals surface area (Å²) in [5.41, 5.74) is 7.02. The summed E-state index contributed by atoms with van der Waals surface area (Å²) in [6.07, 6.45) is 15.6. The number of hydrogen-bond donors (Lipinski definition) is 1. The Kier molecular flexibility index (Phi) is 11.3. The summed E-state index contributed by atoms with van der Waals surface area (Å²) in [5.74, 6) is 1.91. The van der Waals surface area contributed by atoms with Gasteiger partial charge in [-0.05, 0) is 106 Å². The molecule has 0 bridgehead atoms. The van der Waals surface area contributed by atoms with E-state index in [2.05, 4.69) is 99.7 Å². The highest BCUT2D eigenvalue weighted by atomic mass is 31.1. The molecule has 2 fully saturated rings. The van der Waals surface area contributed by atoms with E-state index < -0.39 is 0 Å². The molecule has 226 valence electrons. The largest absolute Gasteiger partial charge is 0.490 e. The Labute approximate surface area is 256 Å². The Balaban J connectivity index is 0.000000330. The Morgan fingerprint density at radius 1 is 0.643 bits per heavy atom. The van der Waals surface area contributed by atoms with Crippen LogP contribution in [0.25, 0.3) is 11.1 Å². The van der Waals surface area contributed by atoms with Crippen LogP contribution in [0.3, 0.4) is 0 Å². The Bertz CT molecular complexity index is 1190. The lowest BCUT2D eigenvalue weighted by Gasteiger charge is -2.39. The Morgan fingerprint density at radius 3 is 1.76 bits per heavy atom. The van der Waals surface area contributed by atoms with Crippen LogP contribution in [0.15, 0.2) is 66.7 Å². The van der Waals surface area contributed by atoms with E-state index in [1.165, 1.54) is 87.4 Å². The topological polar surface area (TPSA) is 30.5 Å². The number of nitrogens with one attached hydrogen (secondary N) is 1. The smallest absolute Gasteiger partial charge is 0.131 e. The van der Waals surface area contributed by atoms with Gasteiger partial charge in [0.1, 0.15) is 11.5 Å². The molecular weight excluding hydrogens is 533 g/mol. The van der Waals surface area contributed by atoms with Crippen LogP contribution in [0.1, 0.15) is 97.5 Å². The van der Waals surface area contributed by atoms with E-state index in [-0.39, 0.29) is 20.1 Å². The summed E-state index contributed by atoms with van der Waals surface area (Å²) in [6, 6.07) is 24.1. The van der Waals surface area contributed by atoms with Crippen LogP contribution in [0.2, 0.25) is 0 Å². The third-order valence-electron chi connectivity index (χ3n) is 8.83. The van der Waals surface area contributed by atoms with Gasteiger partial charge in [-0.1, -0.05) is 95.0 Å². The number of para-hydroxylation sites is 1. The SMILES string of the molecule is CC(C)Oc1cccc(OC(C)C)c1-c1ccccc1P(C1CCCCC1)C1CCCCC1.c1ccc2c(c1)CCN2. The van der Waals surface area contributed by atoms with E-state index in [9.17, 15) is 0 Å². The minimum Gasteiger partial charge on any atom is -0.490 e. The first-order valence-corrected chi connectivity index (χ1v) is 18.1. The first-order chi connectivity index (χ1) is 20.5. The lowest BCUT2D eigenvalue weighted by Crippen LogP contribution is -2.27. The van der Waals surface area contributed by atoms with Gasteiger partial charge < -0.3 is 14.8 Å². The molecule has 3 nitrogen and oxygen atoms in total. The van der Waals surface area contributed by atoms with Crippen LogP contribution in [-0.2, 0) is 6.42 Å². The van der Waals surface area contributed by atoms with E-state index >= 15 is 0 Å². The monoisotopic (exact) mass is 585 g/mol. The molecule has 0 amide bonds. The molecule has 3 aromatic carbocycles. The van der Waals surface area contributed by atoms with Crippen molar-refractivity contribution in [3.05, 3.63) is 72.3 Å². The van der Waals surface area contributed by atoms with Crippen LogP contribution in [0.5, 0.6) is 11.5 Å². The minimum atomic E-state index is -0.213. The van der Waals surface area contributed by atoms with Crippen molar-refractivity contribution < 1.29 is 9.47 Å². The maximum absolute atomic E-state index is 6.37. The Hall–Kier alpha value is -2.51. The molecule has 3 aromatic rings. The van der Waals surface area contributed by atoms with Crippen molar-refractivity contribution >= 4 is 18.9 Å². The third kappa shape index (κ3) is 7.90. The van der Waals surface area contributed by atoms with Crippen molar-refractivity contribution in [3.8, 4) is 22.6 Å². The van der Waals surface area contributed by atoms with Gasteiger partial charge in [-0.15, -0.1) is 0 Å². The van der Waals surface area contributed by atoms with Crippen molar-refractivity contribution in [2.24, 2.45) is 0 Å². The van der Waals surface area contributed by atoms with Gasteiger partial charge in [0.05, 0.1) is 17.8 Å². The van der Waals surface area contributed by atoms with Gasteiger partial charge in [0, 0.05) is 12.2 Å². The number of fused-ring (bicyclic) bond motifs is 1. The van der Waals surface area contributed by atoms with Gasteiger partial charge in [0.15, 0.2) is 0 Å². The van der Waals surface area contributed by atoms with Crippen LogP contribution >= 0.6 is 7.92 Å². The maximum atomic E-state index is 6.37. The van der Waals surface area contributed by atoms with Crippen LogP contribution in [0.4, 0.5) is 5.69 Å². The molecular formula is C38H52NO2P. The highest BCUT2D eigenvalue weighted by molar-refractivity contribution is 7.67. The zero-order valence-corrected chi connectivity index (χ0v) is 27.3. The number of hydrogen-bond acceptors (Lipinski definition) is 3. The molecule has 2 saturated carbocycles. The normalized spacial score (nSPS) is 17.5. The highest BCUT2D eigenvalue weighted by Crippen LogP contribution is 2.57. The highest BCUT2D eigenvalue weighted by Gasteiger charge is 2.34. The second kappa shape index (κ2) is 15.3. The van der Waals surface area contributed by atoms with Crippen molar-refractivity contribution in [2.45, 2.75) is 122 Å². The summed E-state index contributed by atoms with van der Waals surface area (Å²) >= 11 is 0. The van der Waals surface area contributed by atoms with Crippen LogP contribution in [0, 0.1) is 0 Å². The Morgan fingerprint density at radius 2 is 1.19 bits per heavy atom. The van der Waals surface area contributed by atoms with Gasteiger partial charge in [0.2, 0.25) is 0 Å². The fourth-order valence-corrected chi connectivity index (χ4v) is 11.0. The molecule has 0 radical (unpaired) electrons. The van der Waals surface area contributed by atoms with Gasteiger partial charge in [0.25, 0.3) is 0 Å². The van der Waals surface area contributed by atoms with Gasteiger partial charge in [-0.2, -0.15) is 0 Å². The van der Waals surface area contributed by atoms with Crippen molar-refractivity contribution in [1.29, 1.82) is 0 Å². The standard InChI is InChI=1S/C30H43O2P.C8H9N/c1-22(2)31-27-19-13-20-28(32-23(3)4)30(27)26-18-11-12-21-29(26)33(24-14-7-5-8-15-24)25-16-9-6-10-17-25;1-2-4-8-7(3-1)5-6-9-8/h11-13,18-25H,5-10,14-17H2,1-4H3;1-4,9H,5-6H2. The molecule has 2 aliphatic carbocycles. The van der Waals surface area contributed by atoms with Crippen molar-refractivity contribution in [1.82, 2.24) is 0 Å².